The first-order chi connectivity index (χ1) is 17.2. The summed E-state index contributed by atoms with van der Waals surface area (Å²) < 4.78 is 28.7. The van der Waals surface area contributed by atoms with Crippen LogP contribution in [0.1, 0.15) is 86.3 Å². The molecule has 1 amide bonds. The van der Waals surface area contributed by atoms with E-state index < -0.39 is 12.3 Å². The van der Waals surface area contributed by atoms with E-state index in [-0.39, 0.29) is 23.2 Å². The summed E-state index contributed by atoms with van der Waals surface area (Å²) in [7, 11) is 0. The SMILES string of the molecule is CCc1cc2c(cc1O)CCC1C2CC[C@]2(C)C(C(F)F)C[C@@H](CCCC(=O)Nc3ncc(C)s3)C12. The van der Waals surface area contributed by atoms with Gasteiger partial charge in [-0.15, -0.1) is 11.3 Å². The number of thiazole rings is 1. The van der Waals surface area contributed by atoms with Gasteiger partial charge in [-0.25, -0.2) is 13.8 Å². The lowest BCUT2D eigenvalue weighted by atomic mass is 9.52. The normalized spacial score (nSPS) is 31.1. The van der Waals surface area contributed by atoms with Crippen molar-refractivity contribution in [1.82, 2.24) is 4.98 Å². The number of anilines is 1. The maximum Gasteiger partial charge on any atom is 0.241 e. The lowest BCUT2D eigenvalue weighted by molar-refractivity contribution is -0.116. The van der Waals surface area contributed by atoms with E-state index in [9.17, 15) is 18.7 Å². The van der Waals surface area contributed by atoms with E-state index in [0.29, 0.717) is 42.0 Å². The highest BCUT2D eigenvalue weighted by Crippen LogP contribution is 2.66. The van der Waals surface area contributed by atoms with Crippen LogP contribution in [-0.4, -0.2) is 22.4 Å². The Morgan fingerprint density at radius 1 is 1.33 bits per heavy atom. The molecule has 1 aromatic carbocycles. The van der Waals surface area contributed by atoms with Crippen molar-refractivity contribution in [3.63, 3.8) is 0 Å². The van der Waals surface area contributed by atoms with Gasteiger partial charge in [0, 0.05) is 23.4 Å². The average molecular weight is 517 g/mol. The summed E-state index contributed by atoms with van der Waals surface area (Å²) in [5.41, 5.74) is 3.23. The van der Waals surface area contributed by atoms with E-state index in [4.69, 9.17) is 0 Å². The van der Waals surface area contributed by atoms with Gasteiger partial charge in [0.05, 0.1) is 0 Å². The number of halogens is 2. The van der Waals surface area contributed by atoms with Gasteiger partial charge in [-0.05, 0) is 110 Å². The molecule has 0 aliphatic heterocycles. The molecule has 196 valence electrons. The van der Waals surface area contributed by atoms with Gasteiger partial charge in [-0.2, -0.15) is 0 Å². The lowest BCUT2D eigenvalue weighted by Crippen LogP contribution is -2.45. The van der Waals surface area contributed by atoms with E-state index in [2.05, 4.69) is 30.2 Å². The van der Waals surface area contributed by atoms with Crippen LogP contribution in [0.5, 0.6) is 5.75 Å². The number of aromatic hydroxyl groups is 1. The predicted molar refractivity (Wildman–Crippen MR) is 140 cm³/mol. The summed E-state index contributed by atoms with van der Waals surface area (Å²) in [5.74, 6) is 1.04. The number of carbonyl (C=O) groups excluding carboxylic acids is 1. The van der Waals surface area contributed by atoms with Crippen LogP contribution in [0, 0.1) is 36.0 Å². The minimum atomic E-state index is -2.30. The summed E-state index contributed by atoms with van der Waals surface area (Å²) in [5, 5.41) is 13.9. The number of hydrogen-bond donors (Lipinski definition) is 2. The number of phenolic OH excluding ortho intramolecular Hbond substituents is 1. The molecule has 4 unspecified atom stereocenters. The summed E-state index contributed by atoms with van der Waals surface area (Å²) in [4.78, 5) is 17.7. The molecule has 3 aliphatic rings. The van der Waals surface area contributed by atoms with Crippen LogP contribution in [0.4, 0.5) is 13.9 Å². The molecule has 0 saturated heterocycles. The standard InChI is InChI=1S/C29H38F2N2O2S/c1-4-17-12-22-18(14-24(17)34)8-9-21-20(22)10-11-29(3)23(27(30)31)13-19(26(21)29)6-5-7-25(35)33-28-32-15-16(2)36-28/h12,14-15,19-21,23,26-27,34H,4-11,13H2,1-3H3,(H,32,33,35)/t19-,20?,21?,23?,26?,29-/m1/s1. The van der Waals surface area contributed by atoms with Gasteiger partial charge >= 0.3 is 0 Å². The van der Waals surface area contributed by atoms with Gasteiger partial charge < -0.3 is 10.4 Å². The van der Waals surface area contributed by atoms with Gasteiger partial charge in [-0.3, -0.25) is 4.79 Å². The van der Waals surface area contributed by atoms with Gasteiger partial charge in [0.15, 0.2) is 5.13 Å². The number of fused-ring (bicyclic) bond motifs is 5. The Morgan fingerprint density at radius 2 is 2.14 bits per heavy atom. The van der Waals surface area contributed by atoms with Crippen molar-refractivity contribution < 1.29 is 18.7 Å². The molecule has 1 aromatic heterocycles. The fourth-order valence-electron chi connectivity index (χ4n) is 8.09. The van der Waals surface area contributed by atoms with Crippen LogP contribution in [0.2, 0.25) is 0 Å². The minimum Gasteiger partial charge on any atom is -0.508 e. The largest absolute Gasteiger partial charge is 0.508 e. The first-order valence-corrected chi connectivity index (χ1v) is 14.4. The number of amides is 1. The Balaban J connectivity index is 1.33. The molecule has 2 fully saturated rings. The molecule has 2 aromatic rings. The number of carbonyl (C=O) groups is 1. The highest BCUT2D eigenvalue weighted by Gasteiger charge is 2.60. The summed E-state index contributed by atoms with van der Waals surface area (Å²) in [6.07, 6.45) is 6.42. The van der Waals surface area contributed by atoms with Crippen molar-refractivity contribution in [3.05, 3.63) is 39.9 Å². The van der Waals surface area contributed by atoms with Crippen LogP contribution in [-0.2, 0) is 17.6 Å². The van der Waals surface area contributed by atoms with Crippen LogP contribution >= 0.6 is 11.3 Å². The molecule has 0 bridgehead atoms. The number of rotatable bonds is 7. The third kappa shape index (κ3) is 4.57. The Labute approximate surface area is 216 Å². The number of phenols is 1. The van der Waals surface area contributed by atoms with Crippen molar-refractivity contribution in [2.45, 2.75) is 90.9 Å². The molecular weight excluding hydrogens is 478 g/mol. The summed E-state index contributed by atoms with van der Waals surface area (Å²) in [6, 6.07) is 4.15. The van der Waals surface area contributed by atoms with Crippen molar-refractivity contribution in [2.75, 3.05) is 5.32 Å². The van der Waals surface area contributed by atoms with Crippen molar-refractivity contribution in [3.8, 4) is 5.75 Å². The molecular formula is C29H38F2N2O2S. The third-order valence-corrected chi connectivity index (χ3v) is 10.5. The molecule has 2 saturated carbocycles. The van der Waals surface area contributed by atoms with Crippen LogP contribution < -0.4 is 5.32 Å². The lowest BCUT2D eigenvalue weighted by Gasteiger charge is -2.52. The number of nitrogens with zero attached hydrogens (tertiary/aromatic N) is 1. The second-order valence-electron chi connectivity index (χ2n) is 11.6. The summed E-state index contributed by atoms with van der Waals surface area (Å²) >= 11 is 1.46. The fraction of sp³-hybridized carbons (Fsp3) is 0.655. The molecule has 2 N–H and O–H groups in total. The number of aromatic nitrogens is 1. The van der Waals surface area contributed by atoms with Gasteiger partial charge in [-0.1, -0.05) is 19.9 Å². The van der Waals surface area contributed by atoms with E-state index in [1.54, 1.807) is 6.20 Å². The van der Waals surface area contributed by atoms with Crippen LogP contribution in [0.15, 0.2) is 18.3 Å². The second-order valence-corrected chi connectivity index (χ2v) is 12.8. The fourth-order valence-corrected chi connectivity index (χ4v) is 8.77. The van der Waals surface area contributed by atoms with Gasteiger partial charge in [0.2, 0.25) is 12.3 Å². The average Bonchev–Trinajstić information content (AvgIpc) is 3.38. The highest BCUT2D eigenvalue weighted by molar-refractivity contribution is 7.15. The van der Waals surface area contributed by atoms with Crippen molar-refractivity contribution in [1.29, 1.82) is 0 Å². The molecule has 5 rings (SSSR count). The Hall–Kier alpha value is -2.02. The van der Waals surface area contributed by atoms with Gasteiger partial charge in [0.25, 0.3) is 0 Å². The van der Waals surface area contributed by atoms with Gasteiger partial charge in [0.1, 0.15) is 5.75 Å². The number of benzene rings is 1. The number of alkyl halides is 2. The molecule has 3 aliphatic carbocycles. The van der Waals surface area contributed by atoms with Crippen LogP contribution in [0.25, 0.3) is 0 Å². The maximum atomic E-state index is 14.3. The molecule has 1 heterocycles. The first-order valence-electron chi connectivity index (χ1n) is 13.6. The zero-order valence-corrected chi connectivity index (χ0v) is 22.3. The molecule has 6 atom stereocenters. The molecule has 7 heteroatoms. The minimum absolute atomic E-state index is 0.0458. The van der Waals surface area contributed by atoms with Crippen molar-refractivity contribution >= 4 is 22.4 Å². The molecule has 4 nitrogen and oxygen atoms in total. The maximum absolute atomic E-state index is 14.3. The van der Waals surface area contributed by atoms with Crippen LogP contribution in [0.3, 0.4) is 0 Å². The second kappa shape index (κ2) is 10.0. The molecule has 0 spiro atoms. The van der Waals surface area contributed by atoms with E-state index >= 15 is 0 Å². The third-order valence-electron chi connectivity index (χ3n) is 9.66. The summed E-state index contributed by atoms with van der Waals surface area (Å²) in [6.45, 7) is 6.15. The van der Waals surface area contributed by atoms with E-state index in [1.807, 2.05) is 13.0 Å². The molecule has 0 radical (unpaired) electrons. The quantitative estimate of drug-likeness (QED) is 0.401. The smallest absolute Gasteiger partial charge is 0.241 e. The number of nitrogens with one attached hydrogen (secondary N) is 1. The van der Waals surface area contributed by atoms with E-state index in [0.717, 1.165) is 49.0 Å². The first kappa shape index (κ1) is 25.6. The number of aryl methyl sites for hydroxylation is 3. The zero-order chi connectivity index (χ0) is 25.6. The predicted octanol–water partition coefficient (Wildman–Crippen LogP) is 7.49. The Kier molecular flexibility index (Phi) is 7.14. The Morgan fingerprint density at radius 3 is 2.83 bits per heavy atom. The van der Waals surface area contributed by atoms with Crippen molar-refractivity contribution in [2.24, 2.45) is 29.1 Å². The zero-order valence-electron chi connectivity index (χ0n) is 21.5. The topological polar surface area (TPSA) is 62.2 Å². The number of hydrogen-bond acceptors (Lipinski definition) is 4. The highest BCUT2D eigenvalue weighted by atomic mass is 32.1. The Bertz CT molecular complexity index is 1120. The monoisotopic (exact) mass is 516 g/mol. The van der Waals surface area contributed by atoms with E-state index in [1.165, 1.54) is 22.5 Å². The molecule has 36 heavy (non-hydrogen) atoms.